The van der Waals surface area contributed by atoms with E-state index >= 15 is 0 Å². The van der Waals surface area contributed by atoms with E-state index in [4.69, 9.17) is 11.5 Å². The fraction of sp³-hybridized carbons (Fsp3) is 0.688. The van der Waals surface area contributed by atoms with Crippen molar-refractivity contribution >= 4 is 5.91 Å². The standard InChI is InChI=1S/C14H25N3O.C2H6/c1-14(2)6-3-12(4-7-14)13(18)17-10-11(9-16)5-8-15;1-2/h5,8-9,12H,3-4,6-7,10,15-16H2,1-2H3,(H,17,18);1-2H3/b8-5-,11-9+;. The van der Waals surface area contributed by atoms with Crippen molar-refractivity contribution < 1.29 is 4.79 Å². The van der Waals surface area contributed by atoms with Gasteiger partial charge in [0.25, 0.3) is 0 Å². The maximum absolute atomic E-state index is 12.0. The molecule has 0 bridgehead atoms. The van der Waals surface area contributed by atoms with E-state index in [0.29, 0.717) is 12.0 Å². The van der Waals surface area contributed by atoms with Crippen molar-refractivity contribution in [2.24, 2.45) is 22.8 Å². The molecule has 0 spiro atoms. The van der Waals surface area contributed by atoms with Gasteiger partial charge in [0.15, 0.2) is 0 Å². The van der Waals surface area contributed by atoms with Crippen LogP contribution in [0.25, 0.3) is 0 Å². The van der Waals surface area contributed by atoms with Gasteiger partial charge in [-0.15, -0.1) is 0 Å². The molecule has 1 fully saturated rings. The van der Waals surface area contributed by atoms with E-state index in [1.807, 2.05) is 13.8 Å². The summed E-state index contributed by atoms with van der Waals surface area (Å²) in [6, 6.07) is 0. The second-order valence-corrected chi connectivity index (χ2v) is 5.76. The molecule has 0 aromatic carbocycles. The monoisotopic (exact) mass is 281 g/mol. The number of hydrogen-bond donors (Lipinski definition) is 3. The van der Waals surface area contributed by atoms with Crippen LogP contribution in [0.3, 0.4) is 0 Å². The van der Waals surface area contributed by atoms with Crippen LogP contribution in [0.1, 0.15) is 53.4 Å². The third kappa shape index (κ3) is 6.64. The average molecular weight is 281 g/mol. The van der Waals surface area contributed by atoms with Crippen LogP contribution in [-0.4, -0.2) is 12.5 Å². The topological polar surface area (TPSA) is 81.1 Å². The molecule has 0 radical (unpaired) electrons. The van der Waals surface area contributed by atoms with E-state index in [-0.39, 0.29) is 11.8 Å². The molecule has 0 atom stereocenters. The molecular formula is C16H31N3O. The zero-order chi connectivity index (χ0) is 15.6. The minimum absolute atomic E-state index is 0.135. The van der Waals surface area contributed by atoms with Gasteiger partial charge in [0.05, 0.1) is 0 Å². The Balaban J connectivity index is 0.00000172. The Bertz CT molecular complexity index is 336. The first-order chi connectivity index (χ1) is 9.48. The number of nitrogens with one attached hydrogen (secondary N) is 1. The Morgan fingerprint density at radius 2 is 1.80 bits per heavy atom. The van der Waals surface area contributed by atoms with Gasteiger partial charge in [0.1, 0.15) is 0 Å². The van der Waals surface area contributed by atoms with E-state index in [1.54, 1.807) is 6.08 Å². The van der Waals surface area contributed by atoms with Crippen LogP contribution in [0.5, 0.6) is 0 Å². The van der Waals surface area contributed by atoms with Crippen molar-refractivity contribution in [1.82, 2.24) is 5.32 Å². The zero-order valence-corrected chi connectivity index (χ0v) is 13.4. The summed E-state index contributed by atoms with van der Waals surface area (Å²) in [5.74, 6) is 0.286. The number of amides is 1. The Kier molecular flexibility index (Phi) is 8.77. The summed E-state index contributed by atoms with van der Waals surface area (Å²) in [6.45, 7) is 8.98. The lowest BCUT2D eigenvalue weighted by Crippen LogP contribution is -2.35. The van der Waals surface area contributed by atoms with Gasteiger partial charge in [-0.05, 0) is 55.1 Å². The molecule has 0 saturated heterocycles. The average Bonchev–Trinajstić information content (AvgIpc) is 2.45. The smallest absolute Gasteiger partial charge is 0.223 e. The molecule has 0 unspecified atom stereocenters. The minimum Gasteiger partial charge on any atom is -0.405 e. The Hall–Kier alpha value is -1.45. The van der Waals surface area contributed by atoms with E-state index in [1.165, 1.54) is 12.4 Å². The number of rotatable bonds is 4. The SMILES string of the molecule is CC.CC1(C)CCC(C(=O)NCC(/C=C\N)=C/N)CC1. The van der Waals surface area contributed by atoms with Gasteiger partial charge in [0, 0.05) is 12.5 Å². The van der Waals surface area contributed by atoms with Crippen molar-refractivity contribution in [1.29, 1.82) is 0 Å². The summed E-state index contributed by atoms with van der Waals surface area (Å²) >= 11 is 0. The maximum Gasteiger partial charge on any atom is 0.223 e. The quantitative estimate of drug-likeness (QED) is 0.693. The van der Waals surface area contributed by atoms with Gasteiger partial charge in [0.2, 0.25) is 5.91 Å². The van der Waals surface area contributed by atoms with Crippen LogP contribution in [0.15, 0.2) is 24.0 Å². The molecule has 1 aliphatic carbocycles. The molecular weight excluding hydrogens is 250 g/mol. The molecule has 20 heavy (non-hydrogen) atoms. The summed E-state index contributed by atoms with van der Waals surface area (Å²) in [4.78, 5) is 12.0. The van der Waals surface area contributed by atoms with Crippen molar-refractivity contribution in [3.05, 3.63) is 24.0 Å². The number of carbonyl (C=O) groups is 1. The summed E-state index contributed by atoms with van der Waals surface area (Å²) < 4.78 is 0. The molecule has 0 aliphatic heterocycles. The van der Waals surface area contributed by atoms with Gasteiger partial charge in [-0.25, -0.2) is 0 Å². The molecule has 0 heterocycles. The van der Waals surface area contributed by atoms with Gasteiger partial charge in [-0.3, -0.25) is 4.79 Å². The summed E-state index contributed by atoms with van der Waals surface area (Å²) in [7, 11) is 0. The molecule has 5 N–H and O–H groups in total. The third-order valence-electron chi connectivity index (χ3n) is 3.70. The predicted molar refractivity (Wildman–Crippen MR) is 85.7 cm³/mol. The lowest BCUT2D eigenvalue weighted by molar-refractivity contribution is -0.126. The first-order valence-corrected chi connectivity index (χ1v) is 7.55. The molecule has 1 rings (SSSR count). The second kappa shape index (κ2) is 9.45. The Morgan fingerprint density at radius 3 is 2.25 bits per heavy atom. The van der Waals surface area contributed by atoms with Gasteiger partial charge in [-0.1, -0.05) is 27.7 Å². The van der Waals surface area contributed by atoms with E-state index in [0.717, 1.165) is 31.3 Å². The van der Waals surface area contributed by atoms with Gasteiger partial charge in [-0.2, -0.15) is 0 Å². The molecule has 1 aliphatic rings. The van der Waals surface area contributed by atoms with Crippen molar-refractivity contribution in [2.45, 2.75) is 53.4 Å². The first-order valence-electron chi connectivity index (χ1n) is 7.55. The van der Waals surface area contributed by atoms with Crippen LogP contribution in [0, 0.1) is 11.3 Å². The minimum atomic E-state index is 0.135. The normalized spacial score (nSPS) is 19.3. The highest BCUT2D eigenvalue weighted by molar-refractivity contribution is 5.79. The van der Waals surface area contributed by atoms with E-state index < -0.39 is 0 Å². The fourth-order valence-electron chi connectivity index (χ4n) is 2.29. The zero-order valence-electron chi connectivity index (χ0n) is 13.4. The van der Waals surface area contributed by atoms with Gasteiger partial charge < -0.3 is 16.8 Å². The maximum atomic E-state index is 12.0. The lowest BCUT2D eigenvalue weighted by Gasteiger charge is -2.33. The van der Waals surface area contributed by atoms with Crippen molar-refractivity contribution in [2.75, 3.05) is 6.54 Å². The molecule has 1 amide bonds. The highest BCUT2D eigenvalue weighted by Crippen LogP contribution is 2.37. The molecule has 4 heteroatoms. The Labute approximate surface area is 123 Å². The second-order valence-electron chi connectivity index (χ2n) is 5.76. The van der Waals surface area contributed by atoms with Crippen LogP contribution < -0.4 is 16.8 Å². The molecule has 1 saturated carbocycles. The van der Waals surface area contributed by atoms with E-state index in [2.05, 4.69) is 19.2 Å². The van der Waals surface area contributed by atoms with Crippen LogP contribution in [0.4, 0.5) is 0 Å². The van der Waals surface area contributed by atoms with Crippen LogP contribution in [0.2, 0.25) is 0 Å². The first kappa shape index (κ1) is 18.6. The van der Waals surface area contributed by atoms with E-state index in [9.17, 15) is 4.79 Å². The highest BCUT2D eigenvalue weighted by Gasteiger charge is 2.30. The molecule has 0 aromatic rings. The fourth-order valence-corrected chi connectivity index (χ4v) is 2.29. The van der Waals surface area contributed by atoms with Crippen LogP contribution in [-0.2, 0) is 4.79 Å². The highest BCUT2D eigenvalue weighted by atomic mass is 16.1. The van der Waals surface area contributed by atoms with Crippen LogP contribution >= 0.6 is 0 Å². The predicted octanol–water partition coefficient (Wildman–Crippen LogP) is 2.66. The van der Waals surface area contributed by atoms with Crippen molar-refractivity contribution in [3.63, 3.8) is 0 Å². The Morgan fingerprint density at radius 1 is 1.25 bits per heavy atom. The largest absolute Gasteiger partial charge is 0.405 e. The summed E-state index contributed by atoms with van der Waals surface area (Å²) in [6.07, 6.45) is 8.78. The lowest BCUT2D eigenvalue weighted by atomic mass is 9.73. The van der Waals surface area contributed by atoms with Crippen molar-refractivity contribution in [3.8, 4) is 0 Å². The van der Waals surface area contributed by atoms with Gasteiger partial charge >= 0.3 is 0 Å². The number of nitrogens with two attached hydrogens (primary N) is 2. The molecule has 116 valence electrons. The summed E-state index contributed by atoms with van der Waals surface area (Å²) in [5.41, 5.74) is 11.9. The summed E-state index contributed by atoms with van der Waals surface area (Å²) in [5, 5.41) is 2.92. The molecule has 0 aromatic heterocycles. The molecule has 4 nitrogen and oxygen atoms in total. The number of hydrogen-bond acceptors (Lipinski definition) is 3. The number of carbonyl (C=O) groups excluding carboxylic acids is 1. The third-order valence-corrected chi connectivity index (χ3v) is 3.70.